The largest absolute Gasteiger partial charge is 0.416 e. The lowest BCUT2D eigenvalue weighted by molar-refractivity contribution is -0.137. The molecule has 0 spiro atoms. The van der Waals surface area contributed by atoms with Crippen molar-refractivity contribution < 1.29 is 26.7 Å². The van der Waals surface area contributed by atoms with E-state index in [1.165, 1.54) is 0 Å². The third kappa shape index (κ3) is 2.81. The number of nitrogens with zero attached hydrogens (tertiary/aromatic N) is 3. The Morgan fingerprint density at radius 1 is 1.20 bits per heavy atom. The second-order valence-corrected chi connectivity index (χ2v) is 6.37. The van der Waals surface area contributed by atoms with Gasteiger partial charge in [-0.25, -0.2) is 18.4 Å². The van der Waals surface area contributed by atoms with E-state index in [0.29, 0.717) is 6.07 Å². The van der Waals surface area contributed by atoms with E-state index in [1.54, 1.807) is 0 Å². The van der Waals surface area contributed by atoms with Crippen LogP contribution in [0.4, 0.5) is 22.0 Å². The van der Waals surface area contributed by atoms with Gasteiger partial charge in [0.1, 0.15) is 5.82 Å². The predicted octanol–water partition coefficient (Wildman–Crippen LogP) is 4.03. The van der Waals surface area contributed by atoms with E-state index in [0.717, 1.165) is 29.7 Å². The van der Waals surface area contributed by atoms with Crippen LogP contribution in [0.2, 0.25) is 0 Å². The molecule has 4 nitrogen and oxygen atoms in total. The van der Waals surface area contributed by atoms with Crippen molar-refractivity contribution in [1.29, 1.82) is 0 Å². The third-order valence-corrected chi connectivity index (χ3v) is 4.46. The molecule has 2 unspecified atom stereocenters. The third-order valence-electron chi connectivity index (χ3n) is 4.46. The zero-order valence-corrected chi connectivity index (χ0v) is 12.7. The number of hydrogen-bond acceptors (Lipinski definition) is 3. The normalized spacial score (nSPS) is 22.9. The summed E-state index contributed by atoms with van der Waals surface area (Å²) < 4.78 is 67.7. The molecule has 2 atom stereocenters. The molecule has 0 saturated heterocycles. The van der Waals surface area contributed by atoms with Gasteiger partial charge < -0.3 is 0 Å². The van der Waals surface area contributed by atoms with Gasteiger partial charge in [0.15, 0.2) is 12.0 Å². The molecule has 0 N–H and O–H groups in total. The second kappa shape index (κ2) is 5.34. The number of Topliss-reactive ketones (excluding diaryl/α,β-unsaturated/α-hetero) is 1. The van der Waals surface area contributed by atoms with Gasteiger partial charge in [0.25, 0.3) is 0 Å². The topological polar surface area (TPSA) is 47.8 Å². The minimum atomic E-state index is -4.72. The van der Waals surface area contributed by atoms with Crippen molar-refractivity contribution in [3.8, 4) is 0 Å². The maximum Gasteiger partial charge on any atom is 0.416 e. The average Bonchev–Trinajstić information content (AvgIpc) is 3.21. The summed E-state index contributed by atoms with van der Waals surface area (Å²) >= 11 is 0. The highest BCUT2D eigenvalue weighted by Crippen LogP contribution is 2.42. The van der Waals surface area contributed by atoms with Crippen LogP contribution in [-0.4, -0.2) is 20.5 Å². The Morgan fingerprint density at radius 3 is 2.56 bits per heavy atom. The van der Waals surface area contributed by atoms with Gasteiger partial charge in [-0.15, -0.1) is 5.10 Å². The van der Waals surface area contributed by atoms with Gasteiger partial charge in [-0.1, -0.05) is 0 Å². The lowest BCUT2D eigenvalue weighted by Gasteiger charge is -2.15. The molecule has 0 radical (unpaired) electrons. The summed E-state index contributed by atoms with van der Waals surface area (Å²) in [4.78, 5) is 15.9. The highest BCUT2D eigenvalue weighted by atomic mass is 19.4. The van der Waals surface area contributed by atoms with Crippen molar-refractivity contribution in [3.63, 3.8) is 0 Å². The number of hydrogen-bond donors (Lipinski definition) is 0. The SMILES string of the molecule is O=C(c1nc2n(n1)C(c1cc(F)cc(C(F)(F)F)c1)CC2F)C1CC1. The fraction of sp³-hybridized carbons (Fsp3) is 0.438. The fourth-order valence-corrected chi connectivity index (χ4v) is 3.06. The smallest absolute Gasteiger partial charge is 0.290 e. The van der Waals surface area contributed by atoms with Gasteiger partial charge in [-0.05, 0) is 36.6 Å². The quantitative estimate of drug-likeness (QED) is 0.615. The van der Waals surface area contributed by atoms with E-state index >= 15 is 0 Å². The van der Waals surface area contributed by atoms with Crippen LogP contribution in [0.15, 0.2) is 18.2 Å². The van der Waals surface area contributed by atoms with Crippen molar-refractivity contribution in [2.45, 2.75) is 37.7 Å². The van der Waals surface area contributed by atoms with Crippen LogP contribution in [0, 0.1) is 11.7 Å². The molecule has 0 amide bonds. The molecule has 9 heteroatoms. The van der Waals surface area contributed by atoms with Crippen LogP contribution >= 0.6 is 0 Å². The highest BCUT2D eigenvalue weighted by Gasteiger charge is 2.40. The van der Waals surface area contributed by atoms with Gasteiger partial charge in [-0.2, -0.15) is 13.2 Å². The number of benzene rings is 1. The van der Waals surface area contributed by atoms with Crippen molar-refractivity contribution in [2.24, 2.45) is 5.92 Å². The van der Waals surface area contributed by atoms with E-state index < -0.39 is 29.8 Å². The summed E-state index contributed by atoms with van der Waals surface area (Å²) in [7, 11) is 0. The minimum Gasteiger partial charge on any atom is -0.290 e. The summed E-state index contributed by atoms with van der Waals surface area (Å²) in [5, 5.41) is 3.99. The summed E-state index contributed by atoms with van der Waals surface area (Å²) in [6.45, 7) is 0. The summed E-state index contributed by atoms with van der Waals surface area (Å²) in [6.07, 6.45) is -5.04. The molecule has 1 aromatic carbocycles. The molecule has 0 bridgehead atoms. The lowest BCUT2D eigenvalue weighted by Crippen LogP contribution is -2.13. The van der Waals surface area contributed by atoms with E-state index in [1.807, 2.05) is 0 Å². The van der Waals surface area contributed by atoms with E-state index in [-0.39, 0.29) is 35.3 Å². The van der Waals surface area contributed by atoms with E-state index in [9.17, 15) is 26.7 Å². The van der Waals surface area contributed by atoms with Crippen molar-refractivity contribution in [3.05, 3.63) is 46.8 Å². The molecule has 1 fully saturated rings. The van der Waals surface area contributed by atoms with Crippen LogP contribution in [-0.2, 0) is 6.18 Å². The van der Waals surface area contributed by atoms with Crippen LogP contribution in [0.3, 0.4) is 0 Å². The number of aromatic nitrogens is 3. The number of alkyl halides is 4. The first-order chi connectivity index (χ1) is 11.7. The van der Waals surface area contributed by atoms with Crippen LogP contribution in [0.25, 0.3) is 0 Å². The molecule has 1 saturated carbocycles. The van der Waals surface area contributed by atoms with Gasteiger partial charge in [-0.3, -0.25) is 4.79 Å². The minimum absolute atomic E-state index is 0.0518. The molecule has 1 aliphatic heterocycles. The molecule has 2 heterocycles. The molecular weight excluding hydrogens is 345 g/mol. The number of rotatable bonds is 3. The number of carbonyl (C=O) groups excluding carboxylic acids is 1. The Labute approximate surface area is 138 Å². The van der Waals surface area contributed by atoms with E-state index in [4.69, 9.17) is 0 Å². The van der Waals surface area contributed by atoms with Gasteiger partial charge in [0, 0.05) is 12.3 Å². The molecule has 2 aromatic rings. The van der Waals surface area contributed by atoms with E-state index in [2.05, 4.69) is 10.1 Å². The predicted molar refractivity (Wildman–Crippen MR) is 75.1 cm³/mol. The molecule has 1 aromatic heterocycles. The Balaban J connectivity index is 1.74. The van der Waals surface area contributed by atoms with Gasteiger partial charge in [0.05, 0.1) is 11.6 Å². The number of carbonyl (C=O) groups is 1. The summed E-state index contributed by atoms with van der Waals surface area (Å²) in [5.74, 6) is -1.75. The maximum absolute atomic E-state index is 14.2. The summed E-state index contributed by atoms with van der Waals surface area (Å²) in [6, 6.07) is 1.15. The lowest BCUT2D eigenvalue weighted by atomic mass is 10.0. The molecule has 4 rings (SSSR count). The molecule has 1 aliphatic carbocycles. The molecule has 132 valence electrons. The van der Waals surface area contributed by atoms with Crippen molar-refractivity contribution in [1.82, 2.24) is 14.8 Å². The zero-order chi connectivity index (χ0) is 17.9. The monoisotopic (exact) mass is 357 g/mol. The Hall–Kier alpha value is -2.32. The second-order valence-electron chi connectivity index (χ2n) is 6.37. The van der Waals surface area contributed by atoms with Crippen LogP contribution < -0.4 is 0 Å². The molecule has 2 aliphatic rings. The first kappa shape index (κ1) is 16.2. The Bertz CT molecular complexity index is 856. The van der Waals surface area contributed by atoms with Gasteiger partial charge >= 0.3 is 6.18 Å². The zero-order valence-electron chi connectivity index (χ0n) is 12.7. The summed E-state index contributed by atoms with van der Waals surface area (Å²) in [5.41, 5.74) is -1.20. The van der Waals surface area contributed by atoms with Crippen LogP contribution in [0.1, 0.15) is 59.0 Å². The fourth-order valence-electron chi connectivity index (χ4n) is 3.06. The number of halogens is 5. The van der Waals surface area contributed by atoms with Crippen LogP contribution in [0.5, 0.6) is 0 Å². The standard InChI is InChI=1S/C16H12F5N3O/c17-10-4-8(3-9(5-10)16(19,20)21)12-6-11(18)15-22-14(23-24(12)15)13(25)7-1-2-7/h3-5,7,11-12H,1-2,6H2. The average molecular weight is 357 g/mol. The first-order valence-electron chi connectivity index (χ1n) is 7.76. The molecular formula is C16H12F5N3O. The number of fused-ring (bicyclic) bond motifs is 1. The van der Waals surface area contributed by atoms with Crippen molar-refractivity contribution in [2.75, 3.05) is 0 Å². The van der Waals surface area contributed by atoms with Gasteiger partial charge in [0.2, 0.25) is 11.6 Å². The maximum atomic E-state index is 14.2. The number of ketones is 1. The highest BCUT2D eigenvalue weighted by molar-refractivity contribution is 5.95. The Morgan fingerprint density at radius 2 is 1.92 bits per heavy atom. The van der Waals surface area contributed by atoms with Crippen molar-refractivity contribution >= 4 is 5.78 Å². The molecule has 25 heavy (non-hydrogen) atoms. The first-order valence-corrected chi connectivity index (χ1v) is 7.76. The Kier molecular flexibility index (Phi) is 3.45.